The van der Waals surface area contributed by atoms with Gasteiger partial charge in [-0.25, -0.2) is 9.38 Å². The van der Waals surface area contributed by atoms with E-state index < -0.39 is 5.54 Å². The van der Waals surface area contributed by atoms with Gasteiger partial charge in [0.2, 0.25) is 7.98 Å². The molecule has 7 heteroatoms. The van der Waals surface area contributed by atoms with Crippen molar-refractivity contribution in [3.8, 4) is 0 Å². The van der Waals surface area contributed by atoms with E-state index >= 15 is 0 Å². The number of halogens is 2. The minimum absolute atomic E-state index is 0.218. The summed E-state index contributed by atoms with van der Waals surface area (Å²) < 4.78 is 20.7. The number of benzene rings is 1. The smallest absolute Gasteiger partial charge is 0.216 e. The molecule has 1 N–H and O–H groups in total. The lowest BCUT2D eigenvalue weighted by Gasteiger charge is -2.35. The van der Waals surface area contributed by atoms with Crippen LogP contribution in [-0.4, -0.2) is 32.1 Å². The summed E-state index contributed by atoms with van der Waals surface area (Å²) in [5.74, 6) is 0.897. The van der Waals surface area contributed by atoms with Gasteiger partial charge in [0.25, 0.3) is 0 Å². The fraction of sp³-hybridized carbons (Fsp3) is 0.417. The Hall–Kier alpha value is -0.525. The standard InChI is InChI=1S/C12H13BBrFN2OS/c13-17-11-16-12(6-18-4-7(12)5-19-11)9-3-8(14)1-2-10(9)15/h1-3,7H,4-6,13H2,(H,16,17)/t7-,12-/m1/s1. The zero-order chi connectivity index (χ0) is 13.5. The molecule has 1 aromatic carbocycles. The van der Waals surface area contributed by atoms with Gasteiger partial charge in [0.15, 0.2) is 0 Å². The van der Waals surface area contributed by atoms with Gasteiger partial charge in [-0.1, -0.05) is 27.7 Å². The first-order valence-corrected chi connectivity index (χ1v) is 7.87. The van der Waals surface area contributed by atoms with E-state index in [9.17, 15) is 4.39 Å². The Balaban J connectivity index is 2.15. The second kappa shape index (κ2) is 5.11. The number of amidine groups is 1. The van der Waals surface area contributed by atoms with Gasteiger partial charge in [-0.3, -0.25) is 0 Å². The van der Waals surface area contributed by atoms with Crippen molar-refractivity contribution in [3.63, 3.8) is 0 Å². The fourth-order valence-corrected chi connectivity index (χ4v) is 4.09. The molecule has 3 rings (SSSR count). The number of nitrogens with zero attached hydrogens (tertiary/aromatic N) is 1. The molecule has 0 amide bonds. The molecule has 0 aliphatic carbocycles. The van der Waals surface area contributed by atoms with Crippen LogP contribution in [-0.2, 0) is 10.3 Å². The van der Waals surface area contributed by atoms with E-state index in [1.807, 2.05) is 14.0 Å². The van der Waals surface area contributed by atoms with Crippen molar-refractivity contribution in [2.75, 3.05) is 19.0 Å². The monoisotopic (exact) mass is 342 g/mol. The second-order valence-corrected chi connectivity index (χ2v) is 6.66. The van der Waals surface area contributed by atoms with Crippen molar-refractivity contribution < 1.29 is 9.13 Å². The van der Waals surface area contributed by atoms with Crippen LogP contribution in [0, 0.1) is 11.7 Å². The number of hydrogen-bond acceptors (Lipinski definition) is 4. The summed E-state index contributed by atoms with van der Waals surface area (Å²) in [5, 5.41) is 3.92. The van der Waals surface area contributed by atoms with Crippen LogP contribution >= 0.6 is 27.7 Å². The molecule has 0 aromatic heterocycles. The topological polar surface area (TPSA) is 33.6 Å². The molecular formula is C12H13BBrFN2OS. The van der Waals surface area contributed by atoms with Gasteiger partial charge in [0.05, 0.1) is 13.2 Å². The van der Waals surface area contributed by atoms with E-state index in [1.54, 1.807) is 17.8 Å². The molecule has 3 nitrogen and oxygen atoms in total. The Labute approximate surface area is 124 Å². The van der Waals surface area contributed by atoms with Crippen LogP contribution in [0.15, 0.2) is 27.7 Å². The Bertz CT molecular complexity index is 544. The Morgan fingerprint density at radius 3 is 3.21 bits per heavy atom. The molecule has 0 saturated carbocycles. The number of nitrogens with one attached hydrogen (secondary N) is 1. The average Bonchev–Trinajstić information content (AvgIpc) is 2.85. The number of fused-ring (bicyclic) bond motifs is 1. The summed E-state index contributed by atoms with van der Waals surface area (Å²) in [6, 6.07) is 5.02. The quantitative estimate of drug-likeness (QED) is 0.788. The summed E-state index contributed by atoms with van der Waals surface area (Å²) in [5.41, 5.74) is 0.0368. The zero-order valence-electron chi connectivity index (χ0n) is 10.5. The molecule has 2 atom stereocenters. The van der Waals surface area contributed by atoms with E-state index in [1.165, 1.54) is 6.07 Å². The third kappa shape index (κ3) is 2.21. The van der Waals surface area contributed by atoms with Gasteiger partial charge < -0.3 is 9.96 Å². The SMILES string of the molecule is BNC1=N[C@]2(c3cc(Br)ccc3F)COC[C@@H]2CS1. The van der Waals surface area contributed by atoms with Crippen LogP contribution < -0.4 is 5.23 Å². The first-order valence-electron chi connectivity index (χ1n) is 6.09. The van der Waals surface area contributed by atoms with Crippen molar-refractivity contribution in [2.45, 2.75) is 5.54 Å². The highest BCUT2D eigenvalue weighted by Crippen LogP contribution is 2.45. The number of aliphatic imine (C=N–C) groups is 1. The second-order valence-electron chi connectivity index (χ2n) is 4.74. The maximum atomic E-state index is 14.2. The maximum absolute atomic E-state index is 14.2. The normalized spacial score (nSPS) is 29.8. The predicted molar refractivity (Wildman–Crippen MR) is 81.7 cm³/mol. The van der Waals surface area contributed by atoms with Crippen molar-refractivity contribution in [3.05, 3.63) is 34.1 Å². The van der Waals surface area contributed by atoms with Crippen LogP contribution in [0.3, 0.4) is 0 Å². The lowest BCUT2D eigenvalue weighted by Crippen LogP contribution is -2.41. The van der Waals surface area contributed by atoms with E-state index in [2.05, 4.69) is 21.2 Å². The molecule has 100 valence electrons. The predicted octanol–water partition coefficient (Wildman–Crippen LogP) is 1.67. The largest absolute Gasteiger partial charge is 0.415 e. The minimum atomic E-state index is -0.586. The Kier molecular flexibility index (Phi) is 3.62. The molecule has 1 saturated heterocycles. The zero-order valence-corrected chi connectivity index (χ0v) is 12.9. The number of thioether (sulfide) groups is 1. The van der Waals surface area contributed by atoms with Crippen molar-refractivity contribution >= 4 is 40.8 Å². The third-order valence-corrected chi connectivity index (χ3v) is 5.28. The van der Waals surface area contributed by atoms with Crippen LogP contribution in [0.2, 0.25) is 0 Å². The summed E-state index contributed by atoms with van der Waals surface area (Å²) in [6.45, 7) is 1.08. The lowest BCUT2D eigenvalue weighted by atomic mass is 9.81. The molecule has 0 radical (unpaired) electrons. The highest BCUT2D eigenvalue weighted by Gasteiger charge is 2.49. The highest BCUT2D eigenvalue weighted by molar-refractivity contribution is 9.10. The van der Waals surface area contributed by atoms with Gasteiger partial charge in [-0.05, 0) is 18.2 Å². The highest BCUT2D eigenvalue weighted by atomic mass is 79.9. The van der Waals surface area contributed by atoms with E-state index in [-0.39, 0.29) is 11.7 Å². The number of rotatable bonds is 1. The minimum Gasteiger partial charge on any atom is -0.415 e. The molecule has 19 heavy (non-hydrogen) atoms. The summed E-state index contributed by atoms with van der Waals surface area (Å²) in [7, 11) is 1.84. The molecule has 1 aromatic rings. The van der Waals surface area contributed by atoms with Gasteiger partial charge in [-0.15, -0.1) is 0 Å². The first kappa shape index (κ1) is 13.5. The Morgan fingerprint density at radius 2 is 2.42 bits per heavy atom. The van der Waals surface area contributed by atoms with Gasteiger partial charge in [-0.2, -0.15) is 0 Å². The van der Waals surface area contributed by atoms with Crippen LogP contribution in [0.5, 0.6) is 0 Å². The lowest BCUT2D eigenvalue weighted by molar-refractivity contribution is 0.176. The summed E-state index contributed by atoms with van der Waals surface area (Å²) in [4.78, 5) is 4.75. The number of hydrogen-bond donors (Lipinski definition) is 1. The molecule has 1 fully saturated rings. The molecule has 2 aliphatic heterocycles. The van der Waals surface area contributed by atoms with Crippen molar-refractivity contribution in [2.24, 2.45) is 10.9 Å². The van der Waals surface area contributed by atoms with Crippen molar-refractivity contribution in [1.29, 1.82) is 0 Å². The molecule has 0 bridgehead atoms. The van der Waals surface area contributed by atoms with Crippen LogP contribution in [0.1, 0.15) is 5.56 Å². The first-order chi connectivity index (χ1) is 9.15. The maximum Gasteiger partial charge on any atom is 0.216 e. The molecule has 0 spiro atoms. The average molecular weight is 343 g/mol. The molecule has 2 aliphatic rings. The molecular weight excluding hydrogens is 330 g/mol. The van der Waals surface area contributed by atoms with Crippen molar-refractivity contribution in [1.82, 2.24) is 5.23 Å². The van der Waals surface area contributed by atoms with Gasteiger partial charge >= 0.3 is 0 Å². The van der Waals surface area contributed by atoms with Gasteiger partial charge in [0.1, 0.15) is 16.5 Å². The molecule has 0 unspecified atom stereocenters. The Morgan fingerprint density at radius 1 is 1.58 bits per heavy atom. The van der Waals surface area contributed by atoms with E-state index in [0.29, 0.717) is 18.8 Å². The molecule has 2 heterocycles. The summed E-state index contributed by atoms with van der Waals surface area (Å²) in [6.07, 6.45) is 0. The fourth-order valence-electron chi connectivity index (χ4n) is 2.63. The van der Waals surface area contributed by atoms with Crippen LogP contribution in [0.4, 0.5) is 4.39 Å². The van der Waals surface area contributed by atoms with Crippen LogP contribution in [0.25, 0.3) is 0 Å². The third-order valence-electron chi connectivity index (χ3n) is 3.65. The van der Waals surface area contributed by atoms with E-state index in [0.717, 1.165) is 15.4 Å². The number of ether oxygens (including phenoxy) is 1. The van der Waals surface area contributed by atoms with E-state index in [4.69, 9.17) is 9.73 Å². The summed E-state index contributed by atoms with van der Waals surface area (Å²) >= 11 is 5.08. The van der Waals surface area contributed by atoms with Gasteiger partial charge in [0, 0.05) is 21.7 Å².